The Morgan fingerprint density at radius 1 is 1.19 bits per heavy atom. The molecule has 0 saturated carbocycles. The van der Waals surface area contributed by atoms with E-state index in [1.165, 1.54) is 12.1 Å². The first-order valence-corrected chi connectivity index (χ1v) is 9.48. The zero-order chi connectivity index (χ0) is 18.9. The summed E-state index contributed by atoms with van der Waals surface area (Å²) in [6, 6.07) is 12.3. The minimum atomic E-state index is -4.11. The summed E-state index contributed by atoms with van der Waals surface area (Å²) in [5.74, 6) is -2.09. The molecule has 0 bridgehead atoms. The van der Waals surface area contributed by atoms with E-state index in [-0.39, 0.29) is 10.6 Å². The number of benzene rings is 2. The van der Waals surface area contributed by atoms with Crippen LogP contribution in [0.2, 0.25) is 5.02 Å². The van der Waals surface area contributed by atoms with E-state index in [0.29, 0.717) is 5.56 Å². The molecule has 0 aromatic heterocycles. The van der Waals surface area contributed by atoms with Gasteiger partial charge >= 0.3 is 10.1 Å². The van der Waals surface area contributed by atoms with Crippen molar-refractivity contribution in [3.8, 4) is 0 Å². The summed E-state index contributed by atoms with van der Waals surface area (Å²) >= 11 is 5.96. The molecular formula is C17H15ClFNO5S. The number of ether oxygens (including phenoxy) is 1. The molecule has 2 aromatic carbocycles. The summed E-state index contributed by atoms with van der Waals surface area (Å²) in [4.78, 5) is 0. The lowest BCUT2D eigenvalue weighted by Crippen LogP contribution is -2.21. The summed E-state index contributed by atoms with van der Waals surface area (Å²) in [6.07, 6.45) is -2.94. The lowest BCUT2D eigenvalue weighted by molar-refractivity contribution is 0.0386. The molecule has 138 valence electrons. The van der Waals surface area contributed by atoms with E-state index in [4.69, 9.17) is 26.3 Å². The highest BCUT2D eigenvalue weighted by molar-refractivity contribution is 7.86. The SMILES string of the molecule is NC1=C(OS(=O)(=O)Cc2ccccc2)C(O)C(c2c(F)cccc2Cl)O1. The van der Waals surface area contributed by atoms with E-state index < -0.39 is 45.5 Å². The summed E-state index contributed by atoms with van der Waals surface area (Å²) in [5, 5.41) is 10.4. The molecule has 3 rings (SSSR count). The van der Waals surface area contributed by atoms with Gasteiger partial charge in [-0.3, -0.25) is 0 Å². The van der Waals surface area contributed by atoms with Gasteiger partial charge in [-0.1, -0.05) is 48.0 Å². The van der Waals surface area contributed by atoms with Gasteiger partial charge in [-0.05, 0) is 17.7 Å². The van der Waals surface area contributed by atoms with Gasteiger partial charge in [-0.25, -0.2) is 4.39 Å². The molecule has 0 aliphatic carbocycles. The van der Waals surface area contributed by atoms with Crippen LogP contribution in [0.1, 0.15) is 17.2 Å². The fourth-order valence-electron chi connectivity index (χ4n) is 2.58. The second kappa shape index (κ2) is 7.14. The molecule has 2 aromatic rings. The maximum absolute atomic E-state index is 14.1. The van der Waals surface area contributed by atoms with Gasteiger partial charge in [0.05, 0.1) is 5.02 Å². The molecule has 0 amide bonds. The Morgan fingerprint density at radius 3 is 2.54 bits per heavy atom. The molecule has 1 aliphatic rings. The van der Waals surface area contributed by atoms with Crippen LogP contribution in [-0.4, -0.2) is 19.6 Å². The number of nitrogens with two attached hydrogens (primary N) is 1. The molecule has 1 heterocycles. The van der Waals surface area contributed by atoms with Crippen LogP contribution in [0.15, 0.2) is 60.2 Å². The summed E-state index contributed by atoms with van der Waals surface area (Å²) in [5.41, 5.74) is 6.00. The van der Waals surface area contributed by atoms with E-state index in [9.17, 15) is 17.9 Å². The maximum Gasteiger partial charge on any atom is 0.313 e. The summed E-state index contributed by atoms with van der Waals surface area (Å²) < 4.78 is 48.7. The molecule has 0 saturated heterocycles. The van der Waals surface area contributed by atoms with Crippen LogP contribution in [0.25, 0.3) is 0 Å². The van der Waals surface area contributed by atoms with Crippen molar-refractivity contribution in [2.45, 2.75) is 18.0 Å². The normalized spacial score (nSPS) is 20.1. The Balaban J connectivity index is 1.82. The zero-order valence-corrected chi connectivity index (χ0v) is 14.9. The number of halogens is 2. The molecular weight excluding hydrogens is 385 g/mol. The van der Waals surface area contributed by atoms with Crippen LogP contribution in [-0.2, 0) is 24.8 Å². The first-order valence-electron chi connectivity index (χ1n) is 7.53. The minimum absolute atomic E-state index is 0.00948. The summed E-state index contributed by atoms with van der Waals surface area (Å²) in [7, 11) is -4.11. The van der Waals surface area contributed by atoms with E-state index in [1.807, 2.05) is 0 Å². The van der Waals surface area contributed by atoms with Crippen molar-refractivity contribution < 1.29 is 26.8 Å². The smallest absolute Gasteiger partial charge is 0.313 e. The Hall–Kier alpha value is -2.29. The van der Waals surface area contributed by atoms with E-state index in [1.54, 1.807) is 30.3 Å². The Kier molecular flexibility index (Phi) is 5.08. The van der Waals surface area contributed by atoms with Crippen LogP contribution in [0.5, 0.6) is 0 Å². The van der Waals surface area contributed by atoms with Gasteiger partial charge < -0.3 is 19.8 Å². The summed E-state index contributed by atoms with van der Waals surface area (Å²) in [6.45, 7) is 0. The highest BCUT2D eigenvalue weighted by Crippen LogP contribution is 2.39. The number of hydrogen-bond acceptors (Lipinski definition) is 6. The predicted octanol–water partition coefficient (Wildman–Crippen LogP) is 2.59. The molecule has 9 heteroatoms. The third kappa shape index (κ3) is 3.77. The molecule has 0 fully saturated rings. The minimum Gasteiger partial charge on any atom is -0.465 e. The third-order valence-electron chi connectivity index (χ3n) is 3.74. The number of rotatable bonds is 5. The van der Waals surface area contributed by atoms with Crippen molar-refractivity contribution in [3.63, 3.8) is 0 Å². The first kappa shape index (κ1) is 18.5. The van der Waals surface area contributed by atoms with Crippen molar-refractivity contribution >= 4 is 21.7 Å². The van der Waals surface area contributed by atoms with Gasteiger partial charge in [-0.15, -0.1) is 0 Å². The van der Waals surface area contributed by atoms with Crippen molar-refractivity contribution in [3.05, 3.63) is 82.1 Å². The number of hydrogen-bond donors (Lipinski definition) is 2. The molecule has 2 unspecified atom stereocenters. The molecule has 1 aliphatic heterocycles. The van der Waals surface area contributed by atoms with Gasteiger partial charge in [0.15, 0.2) is 12.2 Å². The van der Waals surface area contributed by atoms with Crippen LogP contribution in [0, 0.1) is 5.82 Å². The fourth-order valence-corrected chi connectivity index (χ4v) is 3.96. The van der Waals surface area contributed by atoms with Crippen molar-refractivity contribution in [2.75, 3.05) is 0 Å². The lowest BCUT2D eigenvalue weighted by atomic mass is 10.0. The molecule has 0 radical (unpaired) electrons. The molecule has 2 atom stereocenters. The molecule has 0 spiro atoms. The Bertz CT molecular complexity index is 929. The first-order chi connectivity index (χ1) is 12.3. The van der Waals surface area contributed by atoms with Crippen molar-refractivity contribution in [1.29, 1.82) is 0 Å². The van der Waals surface area contributed by atoms with Crippen molar-refractivity contribution in [2.24, 2.45) is 5.73 Å². The maximum atomic E-state index is 14.1. The lowest BCUT2D eigenvalue weighted by Gasteiger charge is -2.18. The average molecular weight is 400 g/mol. The fraction of sp³-hybridized carbons (Fsp3) is 0.176. The second-order valence-corrected chi connectivity index (χ2v) is 7.60. The largest absolute Gasteiger partial charge is 0.465 e. The Labute approximate surface area is 154 Å². The van der Waals surface area contributed by atoms with E-state index >= 15 is 0 Å². The standard InChI is InChI=1S/C17H15ClFNO5S/c18-11-7-4-8-12(19)13(11)15-14(21)16(17(20)24-15)25-26(22,23)9-10-5-2-1-3-6-10/h1-8,14-15,21H,9,20H2. The van der Waals surface area contributed by atoms with Gasteiger partial charge in [0, 0.05) is 5.56 Å². The second-order valence-electron chi connectivity index (χ2n) is 5.62. The number of aliphatic hydroxyl groups is 1. The third-order valence-corrected chi connectivity index (χ3v) is 5.19. The number of aliphatic hydroxyl groups excluding tert-OH is 1. The van der Waals surface area contributed by atoms with Gasteiger partial charge in [-0.2, -0.15) is 8.42 Å². The zero-order valence-electron chi connectivity index (χ0n) is 13.3. The van der Waals surface area contributed by atoms with Gasteiger partial charge in [0.25, 0.3) is 0 Å². The van der Waals surface area contributed by atoms with Crippen LogP contribution in [0.4, 0.5) is 4.39 Å². The Morgan fingerprint density at radius 2 is 1.88 bits per heavy atom. The molecule has 3 N–H and O–H groups in total. The predicted molar refractivity (Wildman–Crippen MR) is 92.6 cm³/mol. The van der Waals surface area contributed by atoms with E-state index in [2.05, 4.69) is 0 Å². The van der Waals surface area contributed by atoms with Gasteiger partial charge in [0.1, 0.15) is 11.6 Å². The van der Waals surface area contributed by atoms with Crippen LogP contribution in [0.3, 0.4) is 0 Å². The molecule has 6 nitrogen and oxygen atoms in total. The van der Waals surface area contributed by atoms with Crippen LogP contribution >= 0.6 is 11.6 Å². The monoisotopic (exact) mass is 399 g/mol. The molecule has 26 heavy (non-hydrogen) atoms. The highest BCUT2D eigenvalue weighted by Gasteiger charge is 2.41. The van der Waals surface area contributed by atoms with Gasteiger partial charge in [0.2, 0.25) is 11.6 Å². The van der Waals surface area contributed by atoms with Crippen LogP contribution < -0.4 is 5.73 Å². The highest BCUT2D eigenvalue weighted by atomic mass is 35.5. The quantitative estimate of drug-likeness (QED) is 0.750. The van der Waals surface area contributed by atoms with Crippen molar-refractivity contribution in [1.82, 2.24) is 0 Å². The topological polar surface area (TPSA) is 98.9 Å². The van der Waals surface area contributed by atoms with E-state index in [0.717, 1.165) is 6.07 Å². The average Bonchev–Trinajstić information content (AvgIpc) is 2.83.